The van der Waals surface area contributed by atoms with Crippen molar-refractivity contribution in [2.24, 2.45) is 0 Å². The smallest absolute Gasteiger partial charge is 0.275 e. The van der Waals surface area contributed by atoms with E-state index >= 15 is 4.79 Å². The molecule has 1 fully saturated rings. The van der Waals surface area contributed by atoms with Gasteiger partial charge in [0.25, 0.3) is 15.9 Å². The number of hydrogen-bond donors (Lipinski definition) is 1. The minimum Gasteiger partial charge on any atom is -0.497 e. The highest BCUT2D eigenvalue weighted by molar-refractivity contribution is 9.10. The highest BCUT2D eigenvalue weighted by Crippen LogP contribution is 2.54. The summed E-state index contributed by atoms with van der Waals surface area (Å²) in [6.07, 6.45) is 0.432. The van der Waals surface area contributed by atoms with Gasteiger partial charge in [0.1, 0.15) is 22.1 Å². The summed E-state index contributed by atoms with van der Waals surface area (Å²) in [5, 5.41) is 11.0. The number of ether oxygens (including phenoxy) is 3. The molecule has 12 nitrogen and oxygen atoms in total. The third kappa shape index (κ3) is 4.80. The van der Waals surface area contributed by atoms with Crippen molar-refractivity contribution in [1.82, 2.24) is 14.8 Å². The Hall–Kier alpha value is -3.72. The summed E-state index contributed by atoms with van der Waals surface area (Å²) < 4.78 is 46.7. The molecule has 0 radical (unpaired) electrons. The lowest BCUT2D eigenvalue weighted by atomic mass is 9.80. The van der Waals surface area contributed by atoms with Crippen LogP contribution < -0.4 is 18.5 Å². The first-order valence-electron chi connectivity index (χ1n) is 13.6. The van der Waals surface area contributed by atoms with Crippen LogP contribution in [0.4, 0.5) is 5.82 Å². The van der Waals surface area contributed by atoms with Crippen LogP contribution in [-0.2, 0) is 25.2 Å². The number of aryl methyl sites for hydroxylation is 1. The zero-order chi connectivity index (χ0) is 32.1. The molecule has 0 saturated carbocycles. The summed E-state index contributed by atoms with van der Waals surface area (Å²) >= 11 is 3.45. The number of aromatic nitrogens is 1. The van der Waals surface area contributed by atoms with Crippen LogP contribution in [0.1, 0.15) is 23.1 Å². The molecular weight excluding hydrogens is 656 g/mol. The Bertz CT molecular complexity index is 1750. The van der Waals surface area contributed by atoms with Crippen LogP contribution in [0.2, 0.25) is 0 Å². The van der Waals surface area contributed by atoms with Crippen molar-refractivity contribution in [3.8, 4) is 17.2 Å². The lowest BCUT2D eigenvalue weighted by Crippen LogP contribution is -2.59. The van der Waals surface area contributed by atoms with Gasteiger partial charge in [-0.1, -0.05) is 11.6 Å². The second kappa shape index (κ2) is 11.7. The first-order valence-corrected chi connectivity index (χ1v) is 15.8. The quantitative estimate of drug-likeness (QED) is 0.376. The van der Waals surface area contributed by atoms with Crippen molar-refractivity contribution in [3.63, 3.8) is 0 Å². The Morgan fingerprint density at radius 1 is 1.05 bits per heavy atom. The topological polar surface area (TPSA) is 139 Å². The largest absolute Gasteiger partial charge is 0.497 e. The van der Waals surface area contributed by atoms with E-state index in [-0.39, 0.29) is 46.6 Å². The number of carbonyl (C=O) groups excluding carboxylic acids is 2. The van der Waals surface area contributed by atoms with Gasteiger partial charge in [-0.2, -0.15) is 4.31 Å². The number of amides is 2. The molecule has 1 saturated heterocycles. The summed E-state index contributed by atoms with van der Waals surface area (Å²) in [5.41, 5.74) is -0.700. The number of hydrogen-bond acceptors (Lipinski definition) is 10. The Morgan fingerprint density at radius 2 is 1.75 bits per heavy atom. The molecule has 14 heteroatoms. The monoisotopic (exact) mass is 688 g/mol. The van der Waals surface area contributed by atoms with Crippen LogP contribution in [0.25, 0.3) is 0 Å². The first-order chi connectivity index (χ1) is 20.8. The summed E-state index contributed by atoms with van der Waals surface area (Å²) in [7, 11) is 2.67. The fraction of sp³-hybridized carbons (Fsp3) is 0.367. The van der Waals surface area contributed by atoms with Crippen molar-refractivity contribution >= 4 is 43.6 Å². The molecule has 3 atom stereocenters. The molecule has 0 aliphatic carbocycles. The molecule has 1 aromatic heterocycles. The maximum atomic E-state index is 15.3. The number of fused-ring (bicyclic) bond motifs is 1. The summed E-state index contributed by atoms with van der Waals surface area (Å²) in [5.74, 6) is -0.830. The number of anilines is 1. The predicted molar refractivity (Wildman–Crippen MR) is 164 cm³/mol. The van der Waals surface area contributed by atoms with E-state index in [2.05, 4.69) is 20.9 Å². The average molecular weight is 690 g/mol. The molecule has 0 bridgehead atoms. The van der Waals surface area contributed by atoms with Crippen LogP contribution >= 0.6 is 15.9 Å². The number of likely N-dealkylation sites (tertiary alicyclic amines) is 1. The molecule has 3 aromatic rings. The van der Waals surface area contributed by atoms with Gasteiger partial charge in [0.15, 0.2) is 11.4 Å². The maximum absolute atomic E-state index is 15.3. The van der Waals surface area contributed by atoms with Gasteiger partial charge in [0.05, 0.1) is 33.5 Å². The van der Waals surface area contributed by atoms with Crippen molar-refractivity contribution in [1.29, 1.82) is 0 Å². The van der Waals surface area contributed by atoms with Crippen LogP contribution in [0, 0.1) is 6.92 Å². The van der Waals surface area contributed by atoms with Gasteiger partial charge in [-0.15, -0.1) is 0 Å². The van der Waals surface area contributed by atoms with Crippen molar-refractivity contribution in [2.75, 3.05) is 46.3 Å². The van der Waals surface area contributed by atoms with E-state index < -0.39 is 33.6 Å². The van der Waals surface area contributed by atoms with Gasteiger partial charge in [0, 0.05) is 48.5 Å². The van der Waals surface area contributed by atoms with Crippen LogP contribution in [0.15, 0.2) is 58.0 Å². The Kier molecular flexibility index (Phi) is 8.39. The fourth-order valence-electron chi connectivity index (χ4n) is 6.04. The van der Waals surface area contributed by atoms with E-state index in [1.165, 1.54) is 50.6 Å². The Balaban J connectivity index is 1.88. The van der Waals surface area contributed by atoms with Gasteiger partial charge < -0.3 is 24.2 Å². The number of aliphatic hydroxyl groups excluding tert-OH is 1. The molecule has 234 valence electrons. The van der Waals surface area contributed by atoms with Crippen molar-refractivity contribution in [3.05, 3.63) is 69.8 Å². The molecule has 2 aromatic carbocycles. The summed E-state index contributed by atoms with van der Waals surface area (Å²) in [4.78, 5) is 36.0. The SMILES string of the molecule is COc1ccc(S(=O)(=O)N2C(=O)C(c3cc(C)ccc3OC)(N3C[C@H](O)C[C@H]3C(=O)N(C)C)c3cc(Br)cnc32)c(OC)c1. The predicted octanol–water partition coefficient (Wildman–Crippen LogP) is 2.68. The summed E-state index contributed by atoms with van der Waals surface area (Å²) in [6.45, 7) is 1.72. The minimum atomic E-state index is -4.69. The van der Waals surface area contributed by atoms with E-state index in [0.717, 1.165) is 5.56 Å². The number of sulfonamides is 1. The number of aliphatic hydroxyl groups is 1. The third-order valence-electron chi connectivity index (χ3n) is 7.98. The maximum Gasteiger partial charge on any atom is 0.275 e. The number of halogens is 1. The molecule has 2 aliphatic heterocycles. The fourth-order valence-corrected chi connectivity index (χ4v) is 7.93. The summed E-state index contributed by atoms with van der Waals surface area (Å²) in [6, 6.07) is 9.99. The van der Waals surface area contributed by atoms with Crippen molar-refractivity contribution in [2.45, 2.75) is 35.9 Å². The van der Waals surface area contributed by atoms with E-state index in [4.69, 9.17) is 14.2 Å². The highest BCUT2D eigenvalue weighted by atomic mass is 79.9. The van der Waals surface area contributed by atoms with Gasteiger partial charge in [-0.05, 0) is 59.6 Å². The van der Waals surface area contributed by atoms with Gasteiger partial charge in [-0.25, -0.2) is 13.4 Å². The number of likely N-dealkylation sites (N-methyl/N-ethyl adjacent to an activating group) is 1. The van der Waals surface area contributed by atoms with E-state index in [1.54, 1.807) is 43.3 Å². The third-order valence-corrected chi connectivity index (χ3v) is 10.1. The molecule has 2 amide bonds. The lowest BCUT2D eigenvalue weighted by Gasteiger charge is -2.42. The van der Waals surface area contributed by atoms with E-state index in [9.17, 15) is 18.3 Å². The Labute approximate surface area is 264 Å². The molecule has 1 unspecified atom stereocenters. The highest BCUT2D eigenvalue weighted by Gasteiger charge is 2.64. The standard InChI is InChI=1S/C30H33BrN4O8S/c1-17-7-9-24(42-5)21(11-17)30(34-16-19(36)13-23(34)28(37)33(2)3)22-12-18(31)15-32-27(22)35(29(30)38)44(39,40)26-10-8-20(41-4)14-25(26)43-6/h7-12,14-15,19,23,36H,13,16H2,1-6H3/t19-,23+,30?/m1/s1. The molecule has 1 N–H and O–H groups in total. The molecular formula is C30H33BrN4O8S. The second-order valence-corrected chi connectivity index (χ2v) is 13.5. The van der Waals surface area contributed by atoms with E-state index in [1.807, 2.05) is 6.92 Å². The molecule has 3 heterocycles. The number of rotatable bonds is 8. The molecule has 2 aliphatic rings. The van der Waals surface area contributed by atoms with Crippen molar-refractivity contribution < 1.29 is 37.3 Å². The Morgan fingerprint density at radius 3 is 2.39 bits per heavy atom. The average Bonchev–Trinajstić information content (AvgIpc) is 3.50. The lowest BCUT2D eigenvalue weighted by molar-refractivity contribution is -0.138. The zero-order valence-corrected chi connectivity index (χ0v) is 27.5. The second-order valence-electron chi connectivity index (χ2n) is 10.8. The normalized spacial score (nSPS) is 21.7. The molecule has 44 heavy (non-hydrogen) atoms. The van der Waals surface area contributed by atoms with E-state index in [0.29, 0.717) is 20.1 Å². The van der Waals surface area contributed by atoms with Crippen LogP contribution in [0.3, 0.4) is 0 Å². The van der Waals surface area contributed by atoms with Gasteiger partial charge in [0.2, 0.25) is 5.91 Å². The van der Waals surface area contributed by atoms with Crippen LogP contribution in [0.5, 0.6) is 17.2 Å². The minimum absolute atomic E-state index is 0.0238. The molecule has 5 rings (SSSR count). The van der Waals surface area contributed by atoms with Crippen LogP contribution in [-0.4, -0.2) is 94.2 Å². The number of benzene rings is 2. The first kappa shape index (κ1) is 31.7. The number of methoxy groups -OCH3 is 3. The van der Waals surface area contributed by atoms with Gasteiger partial charge >= 0.3 is 0 Å². The molecule has 0 spiro atoms. The number of pyridine rings is 1. The van der Waals surface area contributed by atoms with Gasteiger partial charge in [-0.3, -0.25) is 14.5 Å². The number of carbonyl (C=O) groups is 2. The zero-order valence-electron chi connectivity index (χ0n) is 25.1. The number of nitrogens with zero attached hydrogens (tertiary/aromatic N) is 4. The number of β-amino-alcohol motifs (C(OH)–C–C–N with tert-alkyl or cyclic N) is 1.